The van der Waals surface area contributed by atoms with Gasteiger partial charge in [0.2, 0.25) is 0 Å². The molecule has 1 aromatic carbocycles. The minimum Gasteiger partial charge on any atom is -0.619 e. The third-order valence-corrected chi connectivity index (χ3v) is 4.39. The molecule has 0 amide bonds. The average molecular weight is 363 g/mol. The van der Waals surface area contributed by atoms with Gasteiger partial charge in [-0.2, -0.15) is 14.3 Å². The van der Waals surface area contributed by atoms with Crippen molar-refractivity contribution < 1.29 is 9.12 Å². The topological polar surface area (TPSA) is 69.2 Å². The van der Waals surface area contributed by atoms with Gasteiger partial charge in [-0.1, -0.05) is 19.1 Å². The Hall–Kier alpha value is -3.48. The Morgan fingerprint density at radius 3 is 2.85 bits per heavy atom. The fourth-order valence-corrected chi connectivity index (χ4v) is 2.99. The van der Waals surface area contributed by atoms with Crippen molar-refractivity contribution in [2.45, 2.75) is 19.9 Å². The predicted molar refractivity (Wildman–Crippen MR) is 100 cm³/mol. The highest BCUT2D eigenvalue weighted by atomic mass is 19.1. The van der Waals surface area contributed by atoms with Crippen LogP contribution in [0.5, 0.6) is 0 Å². The number of aryl methyl sites for hydroxylation is 1. The van der Waals surface area contributed by atoms with Crippen molar-refractivity contribution in [1.29, 1.82) is 0 Å². The van der Waals surface area contributed by atoms with Crippen molar-refractivity contribution in [3.8, 4) is 11.3 Å². The average Bonchev–Trinajstić information content (AvgIpc) is 3.09. The Bertz CT molecular complexity index is 1110. The molecule has 136 valence electrons. The van der Waals surface area contributed by atoms with E-state index in [1.165, 1.54) is 18.5 Å². The Labute approximate surface area is 155 Å². The Balaban J connectivity index is 1.78. The molecule has 0 radical (unpaired) electrons. The Morgan fingerprint density at radius 1 is 1.22 bits per heavy atom. The van der Waals surface area contributed by atoms with Crippen LogP contribution in [-0.2, 0) is 13.0 Å². The van der Waals surface area contributed by atoms with E-state index in [-0.39, 0.29) is 5.82 Å². The van der Waals surface area contributed by atoms with Gasteiger partial charge < -0.3 is 10.5 Å². The summed E-state index contributed by atoms with van der Waals surface area (Å²) in [5, 5.41) is 19.1. The first-order valence-electron chi connectivity index (χ1n) is 8.70. The number of halogens is 1. The molecule has 0 aliphatic rings. The van der Waals surface area contributed by atoms with E-state index in [1.54, 1.807) is 41.0 Å². The number of hydrogen-bond acceptors (Lipinski definition) is 4. The predicted octanol–water partition coefficient (Wildman–Crippen LogP) is 3.34. The van der Waals surface area contributed by atoms with Crippen LogP contribution in [0, 0.1) is 11.0 Å². The highest BCUT2D eigenvalue weighted by molar-refractivity contribution is 5.68. The summed E-state index contributed by atoms with van der Waals surface area (Å²) >= 11 is 0. The zero-order chi connectivity index (χ0) is 18.8. The maximum Gasteiger partial charge on any atom is 0.185 e. The van der Waals surface area contributed by atoms with E-state index in [1.807, 2.05) is 13.0 Å². The van der Waals surface area contributed by atoms with E-state index in [0.717, 1.165) is 22.3 Å². The molecule has 27 heavy (non-hydrogen) atoms. The number of aromatic nitrogens is 4. The highest BCUT2D eigenvalue weighted by Crippen LogP contribution is 2.26. The van der Waals surface area contributed by atoms with Crippen LogP contribution in [0.3, 0.4) is 0 Å². The molecule has 4 aromatic rings. The molecule has 3 aromatic heterocycles. The number of anilines is 1. The lowest BCUT2D eigenvalue weighted by Crippen LogP contribution is -2.25. The smallest absolute Gasteiger partial charge is 0.185 e. The van der Waals surface area contributed by atoms with Crippen molar-refractivity contribution in [2.75, 3.05) is 5.32 Å². The first-order valence-corrected chi connectivity index (χ1v) is 8.70. The van der Waals surface area contributed by atoms with Gasteiger partial charge in [0, 0.05) is 35.4 Å². The van der Waals surface area contributed by atoms with E-state index in [9.17, 15) is 9.60 Å². The first-order chi connectivity index (χ1) is 13.2. The van der Waals surface area contributed by atoms with Crippen LogP contribution in [0.1, 0.15) is 18.1 Å². The largest absolute Gasteiger partial charge is 0.619 e. The Kier molecular flexibility index (Phi) is 4.42. The summed E-state index contributed by atoms with van der Waals surface area (Å²) in [6.07, 6.45) is 5.48. The first kappa shape index (κ1) is 17.0. The molecule has 0 bridgehead atoms. The number of hydrogen-bond donors (Lipinski definition) is 1. The van der Waals surface area contributed by atoms with Crippen molar-refractivity contribution >= 4 is 11.5 Å². The molecule has 0 atom stereocenters. The standard InChI is InChI=1S/C20H18FN5O/c1-2-15-12-23-26-19(22-11-14-6-5-9-25(27)13-14)10-18(24-20(15)26)16-7-3-4-8-17(16)21/h3-10,12-13,22H,2,11H2,1H3. The molecule has 0 fully saturated rings. The molecule has 0 spiro atoms. The van der Waals surface area contributed by atoms with Crippen LogP contribution < -0.4 is 10.0 Å². The monoisotopic (exact) mass is 363 g/mol. The summed E-state index contributed by atoms with van der Waals surface area (Å²) in [7, 11) is 0. The lowest BCUT2D eigenvalue weighted by atomic mass is 10.1. The fourth-order valence-electron chi connectivity index (χ4n) is 2.99. The van der Waals surface area contributed by atoms with Gasteiger partial charge in [0.1, 0.15) is 11.6 Å². The molecule has 0 aliphatic heterocycles. The van der Waals surface area contributed by atoms with Crippen molar-refractivity contribution in [1.82, 2.24) is 14.6 Å². The molecule has 0 saturated heterocycles. The maximum absolute atomic E-state index is 14.3. The zero-order valence-corrected chi connectivity index (χ0v) is 14.8. The SMILES string of the molecule is CCc1cnn2c(NCc3ccc[n+]([O-])c3)cc(-c3ccccc3F)nc12. The number of nitrogens with one attached hydrogen (secondary N) is 1. The number of pyridine rings is 1. The molecule has 0 unspecified atom stereocenters. The van der Waals surface area contributed by atoms with E-state index in [0.29, 0.717) is 29.3 Å². The van der Waals surface area contributed by atoms with Gasteiger partial charge in [0.25, 0.3) is 0 Å². The van der Waals surface area contributed by atoms with Crippen LogP contribution >= 0.6 is 0 Å². The maximum atomic E-state index is 14.3. The minimum absolute atomic E-state index is 0.326. The lowest BCUT2D eigenvalue weighted by molar-refractivity contribution is -0.605. The van der Waals surface area contributed by atoms with Crippen molar-refractivity contribution in [3.63, 3.8) is 0 Å². The molecular weight excluding hydrogens is 345 g/mol. The van der Waals surface area contributed by atoms with Crippen LogP contribution in [0.2, 0.25) is 0 Å². The number of fused-ring (bicyclic) bond motifs is 1. The second-order valence-corrected chi connectivity index (χ2v) is 6.19. The number of rotatable bonds is 5. The van der Waals surface area contributed by atoms with Crippen LogP contribution in [0.15, 0.2) is 61.1 Å². The van der Waals surface area contributed by atoms with Gasteiger partial charge in [-0.25, -0.2) is 9.37 Å². The van der Waals surface area contributed by atoms with Gasteiger partial charge in [-0.05, 0) is 24.6 Å². The number of benzene rings is 1. The van der Waals surface area contributed by atoms with E-state index >= 15 is 0 Å². The normalized spacial score (nSPS) is 11.0. The quantitative estimate of drug-likeness (QED) is 0.436. The Morgan fingerprint density at radius 2 is 2.07 bits per heavy atom. The summed E-state index contributed by atoms with van der Waals surface area (Å²) in [5.74, 6) is 0.354. The fraction of sp³-hybridized carbons (Fsp3) is 0.150. The van der Waals surface area contributed by atoms with Crippen molar-refractivity contribution in [2.24, 2.45) is 0 Å². The third kappa shape index (κ3) is 3.31. The lowest BCUT2D eigenvalue weighted by Gasteiger charge is -2.11. The molecule has 1 N–H and O–H groups in total. The molecule has 4 rings (SSSR count). The molecule has 3 heterocycles. The van der Waals surface area contributed by atoms with E-state index in [2.05, 4.69) is 15.4 Å². The van der Waals surface area contributed by atoms with Crippen molar-refractivity contribution in [3.05, 3.63) is 83.2 Å². The minimum atomic E-state index is -0.326. The van der Waals surface area contributed by atoms with Crippen LogP contribution in [-0.4, -0.2) is 14.6 Å². The molecule has 0 saturated carbocycles. The summed E-state index contributed by atoms with van der Waals surface area (Å²) in [4.78, 5) is 4.63. The summed E-state index contributed by atoms with van der Waals surface area (Å²) in [5.41, 5.74) is 3.46. The van der Waals surface area contributed by atoms with Crippen LogP contribution in [0.25, 0.3) is 16.9 Å². The number of nitrogens with zero attached hydrogens (tertiary/aromatic N) is 4. The van der Waals surface area contributed by atoms with Crippen LogP contribution in [0.4, 0.5) is 10.2 Å². The van der Waals surface area contributed by atoms with Gasteiger partial charge in [0.15, 0.2) is 18.0 Å². The second kappa shape index (κ2) is 7.03. The van der Waals surface area contributed by atoms with Gasteiger partial charge in [-0.15, -0.1) is 0 Å². The van der Waals surface area contributed by atoms with Gasteiger partial charge in [0.05, 0.1) is 11.9 Å². The highest BCUT2D eigenvalue weighted by Gasteiger charge is 2.14. The zero-order valence-electron chi connectivity index (χ0n) is 14.8. The third-order valence-electron chi connectivity index (χ3n) is 4.39. The summed E-state index contributed by atoms with van der Waals surface area (Å²) in [6.45, 7) is 2.46. The van der Waals surface area contributed by atoms with Gasteiger partial charge in [-0.3, -0.25) is 0 Å². The van der Waals surface area contributed by atoms with E-state index in [4.69, 9.17) is 0 Å². The van der Waals surface area contributed by atoms with Gasteiger partial charge >= 0.3 is 0 Å². The molecule has 6 nitrogen and oxygen atoms in total. The summed E-state index contributed by atoms with van der Waals surface area (Å²) < 4.78 is 16.8. The summed E-state index contributed by atoms with van der Waals surface area (Å²) in [6, 6.07) is 11.9. The molecular formula is C20H18FN5O. The second-order valence-electron chi connectivity index (χ2n) is 6.19. The molecule has 0 aliphatic carbocycles. The van der Waals surface area contributed by atoms with E-state index < -0.39 is 0 Å². The molecule has 7 heteroatoms.